The van der Waals surface area contributed by atoms with Crippen molar-refractivity contribution in [2.24, 2.45) is 17.8 Å². The first kappa shape index (κ1) is 12.2. The summed E-state index contributed by atoms with van der Waals surface area (Å²) >= 11 is 0. The molecule has 18 heavy (non-hydrogen) atoms. The van der Waals surface area contributed by atoms with Crippen LogP contribution in [0.15, 0.2) is 18.2 Å². The molecule has 0 radical (unpaired) electrons. The fourth-order valence-corrected chi connectivity index (χ4v) is 3.96. The Morgan fingerprint density at radius 1 is 1.33 bits per heavy atom. The summed E-state index contributed by atoms with van der Waals surface area (Å²) in [6.07, 6.45) is 5.85. The molecular formula is C16H21FO. The SMILES string of the molecule is Cc1cc(C(O)CC2CC3CCC2C3)ccc1F. The lowest BCUT2D eigenvalue weighted by Crippen LogP contribution is -2.14. The predicted octanol–water partition coefficient (Wildman–Crippen LogP) is 3.99. The van der Waals surface area contributed by atoms with Crippen LogP contribution in [0.3, 0.4) is 0 Å². The van der Waals surface area contributed by atoms with Crippen LogP contribution in [0.1, 0.15) is 49.3 Å². The molecule has 98 valence electrons. The molecule has 0 saturated heterocycles. The lowest BCUT2D eigenvalue weighted by Gasteiger charge is -2.24. The van der Waals surface area contributed by atoms with Gasteiger partial charge in [0.1, 0.15) is 5.82 Å². The number of fused-ring (bicyclic) bond motifs is 2. The highest BCUT2D eigenvalue weighted by Crippen LogP contribution is 2.50. The minimum absolute atomic E-state index is 0.189. The molecule has 1 aromatic rings. The Balaban J connectivity index is 1.67. The standard InChI is InChI=1S/C16H21FO/c1-10-6-13(4-5-15(10)17)16(18)9-14-8-11-2-3-12(14)7-11/h4-6,11-12,14,16,18H,2-3,7-9H2,1H3. The van der Waals surface area contributed by atoms with Crippen LogP contribution in [0, 0.1) is 30.5 Å². The highest BCUT2D eigenvalue weighted by molar-refractivity contribution is 5.25. The number of aliphatic hydroxyl groups is 1. The number of hydrogen-bond acceptors (Lipinski definition) is 1. The van der Waals surface area contributed by atoms with Crippen LogP contribution in [-0.4, -0.2) is 5.11 Å². The Bertz CT molecular complexity index is 443. The maximum Gasteiger partial charge on any atom is 0.126 e. The van der Waals surface area contributed by atoms with Gasteiger partial charge in [0.2, 0.25) is 0 Å². The van der Waals surface area contributed by atoms with Gasteiger partial charge in [-0.15, -0.1) is 0 Å². The van der Waals surface area contributed by atoms with Gasteiger partial charge >= 0.3 is 0 Å². The highest BCUT2D eigenvalue weighted by Gasteiger charge is 2.40. The molecule has 2 bridgehead atoms. The zero-order valence-electron chi connectivity index (χ0n) is 10.9. The second-order valence-corrected chi connectivity index (χ2v) is 6.20. The Kier molecular flexibility index (Phi) is 3.14. The van der Waals surface area contributed by atoms with Crippen LogP contribution in [0.5, 0.6) is 0 Å². The van der Waals surface area contributed by atoms with Gasteiger partial charge in [-0.1, -0.05) is 18.6 Å². The molecule has 1 nitrogen and oxygen atoms in total. The van der Waals surface area contributed by atoms with E-state index < -0.39 is 6.10 Å². The molecule has 0 amide bonds. The summed E-state index contributed by atoms with van der Waals surface area (Å²) in [5, 5.41) is 10.3. The van der Waals surface area contributed by atoms with Crippen LogP contribution in [0.25, 0.3) is 0 Å². The van der Waals surface area contributed by atoms with Gasteiger partial charge in [0.05, 0.1) is 6.10 Å². The van der Waals surface area contributed by atoms with Gasteiger partial charge in [-0.25, -0.2) is 4.39 Å². The van der Waals surface area contributed by atoms with Gasteiger partial charge in [-0.05, 0) is 67.6 Å². The minimum atomic E-state index is -0.423. The first-order valence-electron chi connectivity index (χ1n) is 7.07. The molecule has 2 aliphatic rings. The molecule has 0 spiro atoms. The third-order valence-corrected chi connectivity index (χ3v) is 4.98. The number of rotatable bonds is 3. The first-order chi connectivity index (χ1) is 8.63. The zero-order valence-corrected chi connectivity index (χ0v) is 10.9. The third kappa shape index (κ3) is 2.18. The molecule has 2 aliphatic carbocycles. The number of aryl methyl sites for hydroxylation is 1. The van der Waals surface area contributed by atoms with Gasteiger partial charge in [0.25, 0.3) is 0 Å². The molecule has 2 fully saturated rings. The average molecular weight is 248 g/mol. The van der Waals surface area contributed by atoms with Crippen molar-refractivity contribution in [3.05, 3.63) is 35.1 Å². The van der Waals surface area contributed by atoms with E-state index in [2.05, 4.69) is 0 Å². The molecule has 3 rings (SSSR count). The lowest BCUT2D eigenvalue weighted by molar-refractivity contribution is 0.125. The van der Waals surface area contributed by atoms with Crippen molar-refractivity contribution in [1.82, 2.24) is 0 Å². The van der Waals surface area contributed by atoms with Gasteiger partial charge in [0.15, 0.2) is 0 Å². The maximum absolute atomic E-state index is 13.2. The monoisotopic (exact) mass is 248 g/mol. The molecule has 0 aromatic heterocycles. The molecule has 0 heterocycles. The number of aliphatic hydroxyl groups excluding tert-OH is 1. The Labute approximate surface area is 108 Å². The summed E-state index contributed by atoms with van der Waals surface area (Å²) < 4.78 is 13.2. The molecule has 1 aromatic carbocycles. The van der Waals surface area contributed by atoms with Crippen molar-refractivity contribution >= 4 is 0 Å². The quantitative estimate of drug-likeness (QED) is 0.857. The number of benzene rings is 1. The van der Waals surface area contributed by atoms with Crippen molar-refractivity contribution in [2.75, 3.05) is 0 Å². The van der Waals surface area contributed by atoms with Crippen molar-refractivity contribution in [3.8, 4) is 0 Å². The maximum atomic E-state index is 13.2. The summed E-state index contributed by atoms with van der Waals surface area (Å²) in [5.74, 6) is 2.25. The van der Waals surface area contributed by atoms with E-state index in [0.29, 0.717) is 11.5 Å². The van der Waals surface area contributed by atoms with E-state index in [0.717, 1.165) is 23.8 Å². The fourth-order valence-electron chi connectivity index (χ4n) is 3.96. The van der Waals surface area contributed by atoms with Crippen LogP contribution < -0.4 is 0 Å². The van der Waals surface area contributed by atoms with Crippen molar-refractivity contribution < 1.29 is 9.50 Å². The van der Waals surface area contributed by atoms with Gasteiger partial charge in [0, 0.05) is 0 Å². The molecule has 1 N–H and O–H groups in total. The lowest BCUT2D eigenvalue weighted by atomic mass is 9.83. The molecule has 0 aliphatic heterocycles. The van der Waals surface area contributed by atoms with E-state index in [1.54, 1.807) is 19.1 Å². The Morgan fingerprint density at radius 3 is 2.78 bits per heavy atom. The van der Waals surface area contributed by atoms with E-state index in [-0.39, 0.29) is 5.82 Å². The van der Waals surface area contributed by atoms with Gasteiger partial charge in [-0.2, -0.15) is 0 Å². The summed E-state index contributed by atoms with van der Waals surface area (Å²) in [6.45, 7) is 1.75. The molecule has 2 heteroatoms. The molecule has 4 unspecified atom stereocenters. The van der Waals surface area contributed by atoms with Crippen LogP contribution in [0.4, 0.5) is 4.39 Å². The van der Waals surface area contributed by atoms with E-state index in [9.17, 15) is 9.50 Å². The summed E-state index contributed by atoms with van der Waals surface area (Å²) in [7, 11) is 0. The fraction of sp³-hybridized carbons (Fsp3) is 0.625. The number of hydrogen-bond donors (Lipinski definition) is 1. The summed E-state index contributed by atoms with van der Waals surface area (Å²) in [4.78, 5) is 0. The summed E-state index contributed by atoms with van der Waals surface area (Å²) in [5.41, 5.74) is 1.50. The number of halogens is 1. The largest absolute Gasteiger partial charge is 0.388 e. The Morgan fingerprint density at radius 2 is 2.17 bits per heavy atom. The van der Waals surface area contributed by atoms with E-state index in [4.69, 9.17) is 0 Å². The normalized spacial score (nSPS) is 31.8. The Hall–Kier alpha value is -0.890. The second kappa shape index (κ2) is 4.65. The van der Waals surface area contributed by atoms with Gasteiger partial charge in [-0.3, -0.25) is 0 Å². The van der Waals surface area contributed by atoms with Crippen LogP contribution >= 0.6 is 0 Å². The average Bonchev–Trinajstić information content (AvgIpc) is 2.94. The molecular weight excluding hydrogens is 227 g/mol. The van der Waals surface area contributed by atoms with Crippen LogP contribution in [-0.2, 0) is 0 Å². The first-order valence-corrected chi connectivity index (χ1v) is 7.07. The van der Waals surface area contributed by atoms with Gasteiger partial charge < -0.3 is 5.11 Å². The van der Waals surface area contributed by atoms with E-state index in [1.807, 2.05) is 0 Å². The van der Waals surface area contributed by atoms with Crippen molar-refractivity contribution in [3.63, 3.8) is 0 Å². The van der Waals surface area contributed by atoms with E-state index >= 15 is 0 Å². The zero-order chi connectivity index (χ0) is 12.7. The second-order valence-electron chi connectivity index (χ2n) is 6.20. The van der Waals surface area contributed by atoms with Crippen molar-refractivity contribution in [1.29, 1.82) is 0 Å². The minimum Gasteiger partial charge on any atom is -0.388 e. The van der Waals surface area contributed by atoms with E-state index in [1.165, 1.54) is 31.7 Å². The summed E-state index contributed by atoms with van der Waals surface area (Å²) in [6, 6.07) is 4.97. The predicted molar refractivity (Wildman–Crippen MR) is 69.7 cm³/mol. The smallest absolute Gasteiger partial charge is 0.126 e. The third-order valence-electron chi connectivity index (χ3n) is 4.98. The highest BCUT2D eigenvalue weighted by atomic mass is 19.1. The molecule has 2 saturated carbocycles. The van der Waals surface area contributed by atoms with Crippen molar-refractivity contribution in [2.45, 2.75) is 45.1 Å². The molecule has 4 atom stereocenters. The topological polar surface area (TPSA) is 20.2 Å². The van der Waals surface area contributed by atoms with Crippen LogP contribution in [0.2, 0.25) is 0 Å².